The van der Waals surface area contributed by atoms with Crippen LogP contribution in [0.4, 0.5) is 14.5 Å². The first kappa shape index (κ1) is 14.2. The molecule has 0 radical (unpaired) electrons. The highest BCUT2D eigenvalue weighted by Gasteiger charge is 2.37. The van der Waals surface area contributed by atoms with Crippen molar-refractivity contribution in [2.75, 3.05) is 11.5 Å². The Morgan fingerprint density at radius 3 is 1.95 bits per heavy atom. The summed E-state index contributed by atoms with van der Waals surface area (Å²) in [5, 5.41) is 0. The molecule has 0 saturated carbocycles. The molecule has 1 aliphatic heterocycles. The van der Waals surface area contributed by atoms with Crippen molar-refractivity contribution >= 4 is 17.5 Å². The van der Waals surface area contributed by atoms with E-state index in [0.717, 1.165) is 17.0 Å². The molecule has 2 aromatic rings. The number of amides is 2. The third-order valence-electron chi connectivity index (χ3n) is 3.32. The standard InChI is InChI=1S/C16H11F2NO3/c1-2-22-14-12(17)7-9(8-13(14)18)19-15(20)10-5-3-4-6-11(10)16(19)21/h3-8H,2H2,1H3. The number of carbonyl (C=O) groups excluding carboxylic acids is 2. The lowest BCUT2D eigenvalue weighted by Crippen LogP contribution is -2.29. The zero-order chi connectivity index (χ0) is 15.9. The van der Waals surface area contributed by atoms with E-state index in [2.05, 4.69) is 0 Å². The van der Waals surface area contributed by atoms with E-state index in [1.54, 1.807) is 19.1 Å². The number of fused-ring (bicyclic) bond motifs is 1. The summed E-state index contributed by atoms with van der Waals surface area (Å²) in [5.74, 6) is -3.67. The Kier molecular flexibility index (Phi) is 3.36. The molecular formula is C16H11F2NO3. The Hall–Kier alpha value is -2.76. The van der Waals surface area contributed by atoms with Gasteiger partial charge in [-0.15, -0.1) is 0 Å². The maximum absolute atomic E-state index is 13.9. The summed E-state index contributed by atoms with van der Waals surface area (Å²) in [6.45, 7) is 1.69. The van der Waals surface area contributed by atoms with Gasteiger partial charge >= 0.3 is 0 Å². The lowest BCUT2D eigenvalue weighted by atomic mass is 10.1. The van der Waals surface area contributed by atoms with E-state index in [9.17, 15) is 18.4 Å². The molecule has 1 aliphatic rings. The zero-order valence-corrected chi connectivity index (χ0v) is 11.6. The highest BCUT2D eigenvalue weighted by Crippen LogP contribution is 2.32. The molecule has 0 spiro atoms. The lowest BCUT2D eigenvalue weighted by molar-refractivity contribution is 0.0926. The number of rotatable bonds is 3. The van der Waals surface area contributed by atoms with E-state index in [-0.39, 0.29) is 23.4 Å². The van der Waals surface area contributed by atoms with Crippen LogP contribution < -0.4 is 9.64 Å². The second kappa shape index (κ2) is 5.22. The van der Waals surface area contributed by atoms with Gasteiger partial charge in [0.25, 0.3) is 11.8 Å². The van der Waals surface area contributed by atoms with E-state index in [4.69, 9.17) is 4.74 Å². The molecule has 0 bridgehead atoms. The number of ether oxygens (including phenoxy) is 1. The van der Waals surface area contributed by atoms with Gasteiger partial charge in [0.15, 0.2) is 17.4 Å². The van der Waals surface area contributed by atoms with Crippen LogP contribution in [0.15, 0.2) is 36.4 Å². The predicted molar refractivity (Wildman–Crippen MR) is 75.1 cm³/mol. The fourth-order valence-electron chi connectivity index (χ4n) is 2.38. The van der Waals surface area contributed by atoms with Crippen LogP contribution in [-0.4, -0.2) is 18.4 Å². The maximum atomic E-state index is 13.9. The molecule has 4 nitrogen and oxygen atoms in total. The quantitative estimate of drug-likeness (QED) is 0.818. The number of imide groups is 1. The Morgan fingerprint density at radius 1 is 1.00 bits per heavy atom. The van der Waals surface area contributed by atoms with Gasteiger partial charge in [-0.2, -0.15) is 0 Å². The number of nitrogens with zero attached hydrogens (tertiary/aromatic N) is 1. The molecule has 3 rings (SSSR count). The average Bonchev–Trinajstić information content (AvgIpc) is 2.75. The van der Waals surface area contributed by atoms with E-state index < -0.39 is 29.2 Å². The Labute approximate surface area is 124 Å². The summed E-state index contributed by atoms with van der Waals surface area (Å²) in [7, 11) is 0. The van der Waals surface area contributed by atoms with Crippen molar-refractivity contribution in [3.05, 3.63) is 59.2 Å². The van der Waals surface area contributed by atoms with E-state index >= 15 is 0 Å². The Morgan fingerprint density at radius 2 is 1.50 bits per heavy atom. The summed E-state index contributed by atoms with van der Waals surface area (Å²) in [5.41, 5.74) is 0.258. The van der Waals surface area contributed by atoms with Gasteiger partial charge in [-0.05, 0) is 19.1 Å². The molecule has 0 unspecified atom stereocenters. The summed E-state index contributed by atoms with van der Waals surface area (Å²) in [6.07, 6.45) is 0. The molecule has 0 N–H and O–H groups in total. The van der Waals surface area contributed by atoms with Gasteiger partial charge in [0.05, 0.1) is 23.4 Å². The van der Waals surface area contributed by atoms with Gasteiger partial charge in [0.2, 0.25) is 0 Å². The summed E-state index contributed by atoms with van der Waals surface area (Å²) in [6, 6.07) is 8.05. The van der Waals surface area contributed by atoms with Gasteiger partial charge in [-0.3, -0.25) is 9.59 Å². The molecule has 0 fully saturated rings. The van der Waals surface area contributed by atoms with Gasteiger partial charge in [0, 0.05) is 12.1 Å². The fourth-order valence-corrected chi connectivity index (χ4v) is 2.38. The Balaban J connectivity index is 2.07. The first-order valence-corrected chi connectivity index (χ1v) is 6.64. The maximum Gasteiger partial charge on any atom is 0.266 e. The fraction of sp³-hybridized carbons (Fsp3) is 0.125. The van der Waals surface area contributed by atoms with Crippen LogP contribution in [-0.2, 0) is 0 Å². The molecule has 2 amide bonds. The molecule has 0 saturated heterocycles. The minimum atomic E-state index is -0.964. The number of halogens is 2. The highest BCUT2D eigenvalue weighted by molar-refractivity contribution is 6.34. The van der Waals surface area contributed by atoms with Crippen molar-refractivity contribution in [3.63, 3.8) is 0 Å². The van der Waals surface area contributed by atoms with Crippen molar-refractivity contribution in [1.29, 1.82) is 0 Å². The predicted octanol–water partition coefficient (Wildman–Crippen LogP) is 3.16. The average molecular weight is 303 g/mol. The number of benzene rings is 2. The molecule has 0 aromatic heterocycles. The molecule has 112 valence electrons. The minimum Gasteiger partial charge on any atom is -0.488 e. The van der Waals surface area contributed by atoms with Crippen LogP contribution in [0.2, 0.25) is 0 Å². The smallest absolute Gasteiger partial charge is 0.266 e. The normalized spacial score (nSPS) is 13.5. The third-order valence-corrected chi connectivity index (χ3v) is 3.32. The zero-order valence-electron chi connectivity index (χ0n) is 11.6. The van der Waals surface area contributed by atoms with Crippen molar-refractivity contribution in [2.24, 2.45) is 0 Å². The molecule has 0 aliphatic carbocycles. The van der Waals surface area contributed by atoms with Crippen molar-refractivity contribution in [1.82, 2.24) is 0 Å². The van der Waals surface area contributed by atoms with Crippen LogP contribution in [0.3, 0.4) is 0 Å². The molecule has 22 heavy (non-hydrogen) atoms. The van der Waals surface area contributed by atoms with Gasteiger partial charge in [0.1, 0.15) is 0 Å². The van der Waals surface area contributed by atoms with Crippen molar-refractivity contribution < 1.29 is 23.1 Å². The van der Waals surface area contributed by atoms with Crippen LogP contribution in [0.5, 0.6) is 5.75 Å². The monoisotopic (exact) mass is 303 g/mol. The number of carbonyl (C=O) groups is 2. The van der Waals surface area contributed by atoms with E-state index in [0.29, 0.717) is 0 Å². The topological polar surface area (TPSA) is 46.6 Å². The van der Waals surface area contributed by atoms with Gasteiger partial charge < -0.3 is 4.74 Å². The van der Waals surface area contributed by atoms with Crippen LogP contribution in [0.1, 0.15) is 27.6 Å². The van der Waals surface area contributed by atoms with E-state index in [1.165, 1.54) is 12.1 Å². The van der Waals surface area contributed by atoms with Crippen molar-refractivity contribution in [3.8, 4) is 5.75 Å². The van der Waals surface area contributed by atoms with Crippen molar-refractivity contribution in [2.45, 2.75) is 6.92 Å². The highest BCUT2D eigenvalue weighted by atomic mass is 19.1. The summed E-state index contributed by atoms with van der Waals surface area (Å²) < 4.78 is 32.7. The first-order chi connectivity index (χ1) is 10.5. The Bertz CT molecular complexity index is 731. The largest absolute Gasteiger partial charge is 0.488 e. The summed E-state index contributed by atoms with van der Waals surface area (Å²) in [4.78, 5) is 25.3. The SMILES string of the molecule is CCOc1c(F)cc(N2C(=O)c3ccccc3C2=O)cc1F. The first-order valence-electron chi connectivity index (χ1n) is 6.64. The number of hydrogen-bond acceptors (Lipinski definition) is 3. The molecule has 1 heterocycles. The molecule has 6 heteroatoms. The number of anilines is 1. The third kappa shape index (κ3) is 2.04. The molecule has 2 aromatic carbocycles. The minimum absolute atomic E-state index is 0.0974. The van der Waals surface area contributed by atoms with Crippen LogP contribution >= 0.6 is 0 Å². The number of hydrogen-bond donors (Lipinski definition) is 0. The van der Waals surface area contributed by atoms with Gasteiger partial charge in [-0.25, -0.2) is 13.7 Å². The molecule has 0 atom stereocenters. The second-order valence-electron chi connectivity index (χ2n) is 4.66. The lowest BCUT2D eigenvalue weighted by Gasteiger charge is -2.15. The van der Waals surface area contributed by atoms with E-state index in [1.807, 2.05) is 0 Å². The molecular weight excluding hydrogens is 292 g/mol. The van der Waals surface area contributed by atoms with Crippen LogP contribution in [0.25, 0.3) is 0 Å². The van der Waals surface area contributed by atoms with Gasteiger partial charge in [-0.1, -0.05) is 12.1 Å². The summed E-state index contributed by atoms with van der Waals surface area (Å²) >= 11 is 0. The second-order valence-corrected chi connectivity index (χ2v) is 4.66. The van der Waals surface area contributed by atoms with Crippen LogP contribution in [0, 0.1) is 11.6 Å².